The van der Waals surface area contributed by atoms with Gasteiger partial charge >= 0.3 is 5.97 Å². The predicted molar refractivity (Wildman–Crippen MR) is 67.8 cm³/mol. The van der Waals surface area contributed by atoms with Crippen molar-refractivity contribution in [3.05, 3.63) is 0 Å². The normalized spacial score (nSPS) is 22.1. The summed E-state index contributed by atoms with van der Waals surface area (Å²) in [6.45, 7) is 10.2. The first-order chi connectivity index (χ1) is 7.99. The third-order valence-electron chi connectivity index (χ3n) is 3.51. The standard InChI is InChI=1S/C12H25N3O2/c1-4-14-7-9-15(10-8-14)6-5-12(2,13)11(16)17-3/h4-10,13H2,1-3H3. The van der Waals surface area contributed by atoms with E-state index < -0.39 is 5.54 Å². The highest BCUT2D eigenvalue weighted by molar-refractivity contribution is 5.79. The van der Waals surface area contributed by atoms with Crippen LogP contribution in [0.5, 0.6) is 0 Å². The summed E-state index contributed by atoms with van der Waals surface area (Å²) in [5, 5.41) is 0. The number of rotatable bonds is 5. The van der Waals surface area contributed by atoms with Crippen LogP contribution in [-0.4, -0.2) is 67.7 Å². The van der Waals surface area contributed by atoms with E-state index in [0.29, 0.717) is 6.42 Å². The molecule has 0 saturated carbocycles. The largest absolute Gasteiger partial charge is 0.468 e. The van der Waals surface area contributed by atoms with E-state index in [1.165, 1.54) is 7.11 Å². The van der Waals surface area contributed by atoms with Gasteiger partial charge in [0.05, 0.1) is 7.11 Å². The monoisotopic (exact) mass is 243 g/mol. The molecule has 1 heterocycles. The van der Waals surface area contributed by atoms with E-state index >= 15 is 0 Å². The molecule has 1 saturated heterocycles. The van der Waals surface area contributed by atoms with Gasteiger partial charge < -0.3 is 20.3 Å². The van der Waals surface area contributed by atoms with Crippen molar-refractivity contribution in [2.45, 2.75) is 25.8 Å². The molecular formula is C12H25N3O2. The molecule has 0 aliphatic carbocycles. The summed E-state index contributed by atoms with van der Waals surface area (Å²) in [7, 11) is 1.38. The average molecular weight is 243 g/mol. The van der Waals surface area contributed by atoms with Gasteiger partial charge in [0.2, 0.25) is 0 Å². The smallest absolute Gasteiger partial charge is 0.325 e. The van der Waals surface area contributed by atoms with Gasteiger partial charge in [-0.15, -0.1) is 0 Å². The summed E-state index contributed by atoms with van der Waals surface area (Å²) in [6, 6.07) is 0. The lowest BCUT2D eigenvalue weighted by Gasteiger charge is -2.35. The van der Waals surface area contributed by atoms with Gasteiger partial charge in [-0.3, -0.25) is 4.79 Å². The fourth-order valence-corrected chi connectivity index (χ4v) is 2.05. The number of carbonyl (C=O) groups is 1. The Hall–Kier alpha value is -0.650. The van der Waals surface area contributed by atoms with Gasteiger partial charge in [-0.1, -0.05) is 6.92 Å². The molecule has 1 aliphatic rings. The number of ether oxygens (including phenoxy) is 1. The van der Waals surface area contributed by atoms with Gasteiger partial charge in [0, 0.05) is 32.7 Å². The van der Waals surface area contributed by atoms with Crippen LogP contribution in [0.2, 0.25) is 0 Å². The fraction of sp³-hybridized carbons (Fsp3) is 0.917. The van der Waals surface area contributed by atoms with E-state index in [1.807, 2.05) is 0 Å². The van der Waals surface area contributed by atoms with Crippen LogP contribution in [0.1, 0.15) is 20.3 Å². The topological polar surface area (TPSA) is 58.8 Å². The van der Waals surface area contributed by atoms with Crippen LogP contribution in [0.3, 0.4) is 0 Å². The number of methoxy groups -OCH3 is 1. The molecule has 2 N–H and O–H groups in total. The van der Waals surface area contributed by atoms with Crippen molar-refractivity contribution in [1.29, 1.82) is 0 Å². The Labute approximate surface area is 104 Å². The third kappa shape index (κ3) is 4.26. The summed E-state index contributed by atoms with van der Waals surface area (Å²) in [5.74, 6) is -0.329. The Kier molecular flexibility index (Phi) is 5.36. The number of carbonyl (C=O) groups excluding carboxylic acids is 1. The average Bonchev–Trinajstić information content (AvgIpc) is 2.36. The molecule has 0 aromatic rings. The highest BCUT2D eigenvalue weighted by atomic mass is 16.5. The molecule has 1 unspecified atom stereocenters. The second-order valence-corrected chi connectivity index (χ2v) is 4.93. The van der Waals surface area contributed by atoms with Crippen LogP contribution in [0.25, 0.3) is 0 Å². The van der Waals surface area contributed by atoms with E-state index in [2.05, 4.69) is 16.7 Å². The molecule has 1 fully saturated rings. The van der Waals surface area contributed by atoms with Gasteiger partial charge in [0.15, 0.2) is 0 Å². The van der Waals surface area contributed by atoms with Crippen molar-refractivity contribution in [3.8, 4) is 0 Å². The molecule has 5 heteroatoms. The Morgan fingerprint density at radius 3 is 2.29 bits per heavy atom. The summed E-state index contributed by atoms with van der Waals surface area (Å²) >= 11 is 0. The molecule has 1 atom stereocenters. The van der Waals surface area contributed by atoms with Gasteiger partial charge in [-0.25, -0.2) is 0 Å². The van der Waals surface area contributed by atoms with Crippen LogP contribution in [-0.2, 0) is 9.53 Å². The quantitative estimate of drug-likeness (QED) is 0.684. The lowest BCUT2D eigenvalue weighted by molar-refractivity contribution is -0.146. The maximum atomic E-state index is 11.4. The van der Waals surface area contributed by atoms with Crippen molar-refractivity contribution >= 4 is 5.97 Å². The Morgan fingerprint density at radius 2 is 1.82 bits per heavy atom. The zero-order chi connectivity index (χ0) is 12.9. The first kappa shape index (κ1) is 14.4. The van der Waals surface area contributed by atoms with Crippen molar-refractivity contribution in [2.24, 2.45) is 5.73 Å². The summed E-state index contributed by atoms with van der Waals surface area (Å²) in [5.41, 5.74) is 5.07. The number of nitrogens with zero attached hydrogens (tertiary/aromatic N) is 2. The van der Waals surface area contributed by atoms with Crippen LogP contribution in [0.4, 0.5) is 0 Å². The summed E-state index contributed by atoms with van der Waals surface area (Å²) in [6.07, 6.45) is 0.645. The van der Waals surface area contributed by atoms with Crippen molar-refractivity contribution in [1.82, 2.24) is 9.80 Å². The van der Waals surface area contributed by atoms with Crippen molar-refractivity contribution in [3.63, 3.8) is 0 Å². The highest BCUT2D eigenvalue weighted by Gasteiger charge is 2.30. The van der Waals surface area contributed by atoms with E-state index in [9.17, 15) is 4.79 Å². The number of esters is 1. The minimum absolute atomic E-state index is 0.329. The van der Waals surface area contributed by atoms with Crippen LogP contribution in [0.15, 0.2) is 0 Å². The first-order valence-electron chi connectivity index (χ1n) is 6.31. The van der Waals surface area contributed by atoms with E-state index in [-0.39, 0.29) is 5.97 Å². The van der Waals surface area contributed by atoms with Gasteiger partial charge in [0.25, 0.3) is 0 Å². The Morgan fingerprint density at radius 1 is 1.29 bits per heavy atom. The number of piperazine rings is 1. The molecule has 5 nitrogen and oxygen atoms in total. The zero-order valence-corrected chi connectivity index (χ0v) is 11.2. The number of hydrogen-bond donors (Lipinski definition) is 1. The SMILES string of the molecule is CCN1CCN(CCC(C)(N)C(=O)OC)CC1. The first-order valence-corrected chi connectivity index (χ1v) is 6.31. The predicted octanol–water partition coefficient (Wildman–Crippen LogP) is -0.0956. The summed E-state index contributed by atoms with van der Waals surface area (Å²) < 4.78 is 4.70. The fourth-order valence-electron chi connectivity index (χ4n) is 2.05. The molecule has 0 spiro atoms. The van der Waals surface area contributed by atoms with Crippen molar-refractivity contribution in [2.75, 3.05) is 46.4 Å². The van der Waals surface area contributed by atoms with Crippen LogP contribution >= 0.6 is 0 Å². The molecule has 0 aromatic heterocycles. The van der Waals surface area contributed by atoms with E-state index in [4.69, 9.17) is 10.5 Å². The third-order valence-corrected chi connectivity index (χ3v) is 3.51. The molecular weight excluding hydrogens is 218 g/mol. The molecule has 0 amide bonds. The zero-order valence-electron chi connectivity index (χ0n) is 11.2. The Bertz CT molecular complexity index is 248. The highest BCUT2D eigenvalue weighted by Crippen LogP contribution is 2.10. The van der Waals surface area contributed by atoms with Gasteiger partial charge in [-0.2, -0.15) is 0 Å². The maximum absolute atomic E-state index is 11.4. The lowest BCUT2D eigenvalue weighted by Crippen LogP contribution is -2.51. The molecule has 1 aliphatic heterocycles. The second kappa shape index (κ2) is 6.33. The molecule has 100 valence electrons. The molecule has 1 rings (SSSR count). The number of likely N-dealkylation sites (N-methyl/N-ethyl adjacent to an activating group) is 1. The maximum Gasteiger partial charge on any atom is 0.325 e. The number of nitrogens with two attached hydrogens (primary N) is 1. The second-order valence-electron chi connectivity index (χ2n) is 4.93. The molecule has 0 bridgehead atoms. The van der Waals surface area contributed by atoms with E-state index in [1.54, 1.807) is 6.92 Å². The van der Waals surface area contributed by atoms with E-state index in [0.717, 1.165) is 39.3 Å². The Balaban J connectivity index is 2.30. The minimum Gasteiger partial charge on any atom is -0.468 e. The molecule has 0 aromatic carbocycles. The summed E-state index contributed by atoms with van der Waals surface area (Å²) in [4.78, 5) is 16.2. The van der Waals surface area contributed by atoms with Gasteiger partial charge in [-0.05, 0) is 19.9 Å². The molecule has 17 heavy (non-hydrogen) atoms. The lowest BCUT2D eigenvalue weighted by atomic mass is 9.99. The van der Waals surface area contributed by atoms with Crippen LogP contribution < -0.4 is 5.73 Å². The molecule has 0 radical (unpaired) electrons. The van der Waals surface area contributed by atoms with Crippen LogP contribution in [0, 0.1) is 0 Å². The minimum atomic E-state index is -0.864. The van der Waals surface area contributed by atoms with Crippen molar-refractivity contribution < 1.29 is 9.53 Å². The van der Waals surface area contributed by atoms with Gasteiger partial charge in [0.1, 0.15) is 5.54 Å². The number of hydrogen-bond acceptors (Lipinski definition) is 5.